The highest BCUT2D eigenvalue weighted by atomic mass is 28.3. The van der Waals surface area contributed by atoms with Gasteiger partial charge in [-0.25, -0.2) is 0 Å². The van der Waals surface area contributed by atoms with Crippen molar-refractivity contribution in [2.24, 2.45) is 81.8 Å². The molecule has 0 N–H and O–H groups in total. The molecule has 0 amide bonds. The van der Waals surface area contributed by atoms with E-state index in [2.05, 4.69) is 96.2 Å². The van der Waals surface area contributed by atoms with Gasteiger partial charge in [0.25, 0.3) is 0 Å². The lowest BCUT2D eigenvalue weighted by Crippen LogP contribution is -2.48. The van der Waals surface area contributed by atoms with Gasteiger partial charge in [0.15, 0.2) is 0 Å². The van der Waals surface area contributed by atoms with Crippen molar-refractivity contribution >= 4 is 8.07 Å². The topological polar surface area (TPSA) is 0 Å². The van der Waals surface area contributed by atoms with Crippen LogP contribution < -0.4 is 0 Å². The van der Waals surface area contributed by atoms with Crippen LogP contribution in [0.1, 0.15) is 128 Å². The van der Waals surface area contributed by atoms with E-state index >= 15 is 0 Å². The molecule has 38 heavy (non-hydrogen) atoms. The minimum absolute atomic E-state index is 0.450. The zero-order valence-corrected chi connectivity index (χ0v) is 29.5. The van der Waals surface area contributed by atoms with Crippen molar-refractivity contribution < 1.29 is 0 Å². The molecule has 4 fully saturated rings. The Morgan fingerprint density at radius 2 is 1.05 bits per heavy atom. The van der Waals surface area contributed by atoms with Crippen molar-refractivity contribution in [3.63, 3.8) is 0 Å². The third-order valence-electron chi connectivity index (χ3n) is 14.6. The fraction of sp³-hybridized carbons (Fsp3) is 1.00. The summed E-state index contributed by atoms with van der Waals surface area (Å²) < 4.78 is 0. The second-order valence-corrected chi connectivity index (χ2v) is 23.9. The first-order chi connectivity index (χ1) is 17.4. The predicted octanol–water partition coefficient (Wildman–Crippen LogP) is 11.8. The molecule has 0 bridgehead atoms. The van der Waals surface area contributed by atoms with Gasteiger partial charge in [-0.2, -0.15) is 0 Å². The monoisotopic (exact) mass is 543 g/mol. The maximum absolute atomic E-state index is 2.90. The highest BCUT2D eigenvalue weighted by Crippen LogP contribution is 2.67. The average Bonchev–Trinajstić information content (AvgIpc) is 3.30. The van der Waals surface area contributed by atoms with Crippen LogP contribution in [0.3, 0.4) is 0 Å². The van der Waals surface area contributed by atoms with Gasteiger partial charge in [0.1, 0.15) is 0 Å². The lowest BCUT2D eigenvalue weighted by Gasteiger charge is -2.51. The summed E-state index contributed by atoms with van der Waals surface area (Å²) in [6, 6.07) is 0. The Kier molecular flexibility index (Phi) is 8.86. The van der Waals surface area contributed by atoms with E-state index in [9.17, 15) is 0 Å². The molecule has 0 nitrogen and oxygen atoms in total. The molecule has 4 saturated carbocycles. The number of hydrogen-bond donors (Lipinski definition) is 0. The maximum Gasteiger partial charge on any atom is 0.0547 e. The normalized spacial score (nSPS) is 47.0. The van der Waals surface area contributed by atoms with Crippen LogP contribution in [0, 0.1) is 81.8 Å². The summed E-state index contributed by atoms with van der Waals surface area (Å²) >= 11 is 0. The van der Waals surface area contributed by atoms with Gasteiger partial charge in [0, 0.05) is 0 Å². The molecule has 222 valence electrons. The summed E-state index contributed by atoms with van der Waals surface area (Å²) in [5.74, 6) is 11.4. The van der Waals surface area contributed by atoms with Gasteiger partial charge in [-0.3, -0.25) is 0 Å². The number of rotatable bonds is 4. The molecule has 11 unspecified atom stereocenters. The predicted molar refractivity (Wildman–Crippen MR) is 172 cm³/mol. The summed E-state index contributed by atoms with van der Waals surface area (Å²) in [6.45, 7) is 36.8. The number of hydrogen-bond acceptors (Lipinski definition) is 0. The zero-order chi connectivity index (χ0) is 28.5. The van der Waals surface area contributed by atoms with Gasteiger partial charge >= 0.3 is 0 Å². The Morgan fingerprint density at radius 3 is 1.50 bits per heavy atom. The van der Waals surface area contributed by atoms with Crippen molar-refractivity contribution in [3.8, 4) is 0 Å². The van der Waals surface area contributed by atoms with Gasteiger partial charge in [-0.05, 0) is 125 Å². The van der Waals surface area contributed by atoms with Crippen molar-refractivity contribution in [1.29, 1.82) is 0 Å². The molecular formula is C37H70Si. The summed E-state index contributed by atoms with van der Waals surface area (Å²) in [4.78, 5) is 0. The third-order valence-corrected chi connectivity index (χ3v) is 20.0. The third kappa shape index (κ3) is 5.52. The van der Waals surface area contributed by atoms with Crippen molar-refractivity contribution in [1.82, 2.24) is 0 Å². The number of fused-ring (bicyclic) bond motifs is 1. The van der Waals surface area contributed by atoms with Crippen LogP contribution in [-0.2, 0) is 0 Å². The van der Waals surface area contributed by atoms with Crippen molar-refractivity contribution in [2.75, 3.05) is 0 Å². The first kappa shape index (κ1) is 31.2. The van der Waals surface area contributed by atoms with E-state index in [0.29, 0.717) is 10.8 Å². The Bertz CT molecular complexity index is 759. The highest BCUT2D eigenvalue weighted by molar-refractivity contribution is 6.80. The lowest BCUT2D eigenvalue weighted by atomic mass is 9.55. The van der Waals surface area contributed by atoms with Crippen LogP contribution in [0.5, 0.6) is 0 Å². The molecule has 0 aliphatic heterocycles. The van der Waals surface area contributed by atoms with Gasteiger partial charge in [-0.15, -0.1) is 0 Å². The van der Waals surface area contributed by atoms with E-state index in [1.807, 2.05) is 0 Å². The Morgan fingerprint density at radius 1 is 0.579 bits per heavy atom. The van der Waals surface area contributed by atoms with Crippen molar-refractivity contribution in [2.45, 2.75) is 152 Å². The standard InChI is InChI=1S/C37H70Si/c1-22(2)32-21-33-30(27-18-28(36(7,8)9)20-29(19-27)37(10,11)12)16-15-17-31(33)35(32)38(13,14)34-25(5)23(3)24(4)26(34)6/h22-35H,15-21H2,1-14H3. The smallest absolute Gasteiger partial charge is 0.0547 e. The lowest BCUT2D eigenvalue weighted by molar-refractivity contribution is -0.000596. The van der Waals surface area contributed by atoms with Crippen LogP contribution in [0.2, 0.25) is 24.2 Å². The summed E-state index contributed by atoms with van der Waals surface area (Å²) in [7, 11) is -1.45. The minimum Gasteiger partial charge on any atom is -0.0689 e. The maximum atomic E-state index is 2.90. The highest BCUT2D eigenvalue weighted by Gasteiger charge is 2.60. The molecule has 4 aliphatic carbocycles. The van der Waals surface area contributed by atoms with Crippen LogP contribution in [0.15, 0.2) is 0 Å². The molecule has 0 aromatic carbocycles. The molecule has 11 atom stereocenters. The first-order valence-electron chi connectivity index (χ1n) is 17.4. The Balaban J connectivity index is 1.66. The van der Waals surface area contributed by atoms with Crippen LogP contribution in [0.25, 0.3) is 0 Å². The minimum atomic E-state index is -1.45. The van der Waals surface area contributed by atoms with Gasteiger partial charge in [-0.1, -0.05) is 109 Å². The molecule has 0 aromatic rings. The Labute approximate surface area is 241 Å². The van der Waals surface area contributed by atoms with Crippen LogP contribution in [0.4, 0.5) is 0 Å². The molecule has 0 saturated heterocycles. The molecule has 0 radical (unpaired) electrons. The zero-order valence-electron chi connectivity index (χ0n) is 28.5. The van der Waals surface area contributed by atoms with E-state index < -0.39 is 8.07 Å². The summed E-state index contributed by atoms with van der Waals surface area (Å²) in [6.07, 6.45) is 10.7. The van der Waals surface area contributed by atoms with E-state index in [0.717, 1.165) is 82.1 Å². The summed E-state index contributed by atoms with van der Waals surface area (Å²) in [5, 5.41) is 0. The molecule has 0 heterocycles. The van der Waals surface area contributed by atoms with Crippen molar-refractivity contribution in [3.05, 3.63) is 0 Å². The molecule has 0 spiro atoms. The van der Waals surface area contributed by atoms with Gasteiger partial charge in [0.05, 0.1) is 8.07 Å². The molecule has 1 heteroatoms. The second kappa shape index (κ2) is 10.8. The molecular weight excluding hydrogens is 472 g/mol. The summed E-state index contributed by atoms with van der Waals surface area (Å²) in [5.41, 5.74) is 2.98. The average molecular weight is 543 g/mol. The molecule has 4 rings (SSSR count). The molecule has 4 aliphatic rings. The molecule has 0 aromatic heterocycles. The van der Waals surface area contributed by atoms with E-state index in [4.69, 9.17) is 0 Å². The SMILES string of the molecule is CC(C)C1CC2C(C3CC(C(C)(C)C)CC(C(C)(C)C)C3)CCCC2C1[Si](C)(C)C1C(C)C(C)C(C)C1C. The largest absolute Gasteiger partial charge is 0.0689 e. The Hall–Kier alpha value is 0.217. The van der Waals surface area contributed by atoms with E-state index in [1.54, 1.807) is 19.3 Å². The fourth-order valence-corrected chi connectivity index (χ4v) is 19.0. The van der Waals surface area contributed by atoms with E-state index in [1.165, 1.54) is 25.7 Å². The van der Waals surface area contributed by atoms with E-state index in [-0.39, 0.29) is 0 Å². The second-order valence-electron chi connectivity index (χ2n) is 19.0. The van der Waals surface area contributed by atoms with Gasteiger partial charge in [0.2, 0.25) is 0 Å². The van der Waals surface area contributed by atoms with Crippen LogP contribution >= 0.6 is 0 Å². The van der Waals surface area contributed by atoms with Gasteiger partial charge < -0.3 is 0 Å². The quantitative estimate of drug-likeness (QED) is 0.310. The van der Waals surface area contributed by atoms with Crippen LogP contribution in [-0.4, -0.2) is 8.07 Å². The first-order valence-corrected chi connectivity index (χ1v) is 20.5. The fourth-order valence-electron chi connectivity index (χ4n) is 12.1.